The highest BCUT2D eigenvalue weighted by Gasteiger charge is 2.24. The summed E-state index contributed by atoms with van der Waals surface area (Å²) in [6.07, 6.45) is 3.11. The van der Waals surface area contributed by atoms with Gasteiger partial charge in [-0.15, -0.1) is 11.3 Å². The molecule has 0 saturated heterocycles. The minimum Gasteiger partial charge on any atom is -0.299 e. The monoisotopic (exact) mass is 398 g/mol. The normalized spacial score (nSPS) is 16.4. The SMILES string of the molecule is CC(=O)CSc1nc2sc3c(c2c(=O)n1Cc1ccccc1)CC[C@@H](C)C3. The lowest BCUT2D eigenvalue weighted by molar-refractivity contribution is -0.114. The van der Waals surface area contributed by atoms with E-state index in [4.69, 9.17) is 4.98 Å². The Morgan fingerprint density at radius 3 is 2.85 bits per heavy atom. The van der Waals surface area contributed by atoms with E-state index in [0.29, 0.717) is 23.4 Å². The van der Waals surface area contributed by atoms with E-state index >= 15 is 0 Å². The van der Waals surface area contributed by atoms with Crippen LogP contribution in [0.25, 0.3) is 10.2 Å². The van der Waals surface area contributed by atoms with E-state index in [-0.39, 0.29) is 11.3 Å². The number of hydrogen-bond acceptors (Lipinski definition) is 5. The molecule has 0 spiro atoms. The number of hydrogen-bond donors (Lipinski definition) is 0. The third kappa shape index (κ3) is 3.73. The Bertz CT molecular complexity index is 1050. The summed E-state index contributed by atoms with van der Waals surface area (Å²) in [4.78, 5) is 31.9. The zero-order valence-corrected chi connectivity index (χ0v) is 17.2. The van der Waals surface area contributed by atoms with Crippen molar-refractivity contribution in [1.82, 2.24) is 9.55 Å². The molecule has 0 N–H and O–H groups in total. The van der Waals surface area contributed by atoms with Gasteiger partial charge >= 0.3 is 0 Å². The average molecular weight is 399 g/mol. The van der Waals surface area contributed by atoms with Crippen LogP contribution in [-0.2, 0) is 24.2 Å². The van der Waals surface area contributed by atoms with Crippen molar-refractivity contribution in [1.29, 1.82) is 0 Å². The first-order valence-corrected chi connectivity index (χ1v) is 11.0. The van der Waals surface area contributed by atoms with Gasteiger partial charge in [0.25, 0.3) is 5.56 Å². The predicted molar refractivity (Wildman–Crippen MR) is 112 cm³/mol. The number of aromatic nitrogens is 2. The molecule has 2 heterocycles. The lowest BCUT2D eigenvalue weighted by atomic mass is 9.89. The molecule has 27 heavy (non-hydrogen) atoms. The highest BCUT2D eigenvalue weighted by molar-refractivity contribution is 7.99. The summed E-state index contributed by atoms with van der Waals surface area (Å²) in [6, 6.07) is 9.95. The van der Waals surface area contributed by atoms with E-state index < -0.39 is 0 Å². The summed E-state index contributed by atoms with van der Waals surface area (Å²) in [5, 5.41) is 1.43. The fraction of sp³-hybridized carbons (Fsp3) is 0.381. The Kier molecular flexibility index (Phi) is 5.19. The Morgan fingerprint density at radius 1 is 1.33 bits per heavy atom. The van der Waals surface area contributed by atoms with Crippen molar-refractivity contribution in [3.05, 3.63) is 56.7 Å². The van der Waals surface area contributed by atoms with Gasteiger partial charge in [-0.2, -0.15) is 0 Å². The molecule has 1 aliphatic rings. The van der Waals surface area contributed by atoms with Gasteiger partial charge in [-0.3, -0.25) is 14.2 Å². The molecule has 0 unspecified atom stereocenters. The Labute approximate surface area is 166 Å². The molecule has 2 aromatic heterocycles. The number of carbonyl (C=O) groups is 1. The molecule has 0 amide bonds. The zero-order valence-electron chi connectivity index (χ0n) is 15.5. The van der Waals surface area contributed by atoms with Crippen molar-refractivity contribution in [3.63, 3.8) is 0 Å². The summed E-state index contributed by atoms with van der Waals surface area (Å²) in [7, 11) is 0. The van der Waals surface area contributed by atoms with Crippen molar-refractivity contribution in [2.75, 3.05) is 5.75 Å². The number of ketones is 1. The van der Waals surface area contributed by atoms with E-state index in [1.165, 1.54) is 22.2 Å². The van der Waals surface area contributed by atoms with Gasteiger partial charge in [0, 0.05) is 4.88 Å². The topological polar surface area (TPSA) is 52.0 Å². The summed E-state index contributed by atoms with van der Waals surface area (Å²) in [5.74, 6) is 1.07. The van der Waals surface area contributed by atoms with Gasteiger partial charge in [-0.25, -0.2) is 4.98 Å². The second kappa shape index (κ2) is 7.60. The highest BCUT2D eigenvalue weighted by atomic mass is 32.2. The van der Waals surface area contributed by atoms with E-state index in [1.807, 2.05) is 30.3 Å². The number of nitrogens with zero attached hydrogens (tertiary/aromatic N) is 2. The molecule has 1 atom stereocenters. The van der Waals surface area contributed by atoms with Crippen LogP contribution in [0, 0.1) is 5.92 Å². The summed E-state index contributed by atoms with van der Waals surface area (Å²) >= 11 is 3.02. The first kappa shape index (κ1) is 18.4. The molecule has 1 aromatic carbocycles. The third-order valence-electron chi connectivity index (χ3n) is 4.97. The molecule has 0 aliphatic heterocycles. The largest absolute Gasteiger partial charge is 0.299 e. The quantitative estimate of drug-likeness (QED) is 0.475. The lowest BCUT2D eigenvalue weighted by Crippen LogP contribution is -2.25. The van der Waals surface area contributed by atoms with Crippen LogP contribution in [0.2, 0.25) is 0 Å². The van der Waals surface area contributed by atoms with Gasteiger partial charge in [-0.1, -0.05) is 49.0 Å². The van der Waals surface area contributed by atoms with Gasteiger partial charge in [0.15, 0.2) is 5.16 Å². The van der Waals surface area contributed by atoms with Crippen LogP contribution in [0.3, 0.4) is 0 Å². The molecule has 4 nitrogen and oxygen atoms in total. The third-order valence-corrected chi connectivity index (χ3v) is 7.24. The van der Waals surface area contributed by atoms with Crippen molar-refractivity contribution < 1.29 is 4.79 Å². The lowest BCUT2D eigenvalue weighted by Gasteiger charge is -2.17. The second-order valence-corrected chi connectivity index (χ2v) is 9.32. The second-order valence-electron chi connectivity index (χ2n) is 7.29. The van der Waals surface area contributed by atoms with E-state index in [1.54, 1.807) is 22.8 Å². The molecule has 4 rings (SSSR count). The maximum Gasteiger partial charge on any atom is 0.263 e. The molecule has 1 aliphatic carbocycles. The van der Waals surface area contributed by atoms with Gasteiger partial charge in [-0.05, 0) is 43.2 Å². The molecular formula is C21H22N2O2S2. The number of aryl methyl sites for hydroxylation is 1. The van der Waals surface area contributed by atoms with Crippen molar-refractivity contribution in [3.8, 4) is 0 Å². The summed E-state index contributed by atoms with van der Waals surface area (Å²) in [6.45, 7) is 4.31. The molecule has 0 radical (unpaired) electrons. The number of benzene rings is 1. The molecule has 0 bridgehead atoms. The molecular weight excluding hydrogens is 376 g/mol. The summed E-state index contributed by atoms with van der Waals surface area (Å²) < 4.78 is 1.75. The van der Waals surface area contributed by atoms with Gasteiger partial charge < -0.3 is 0 Å². The average Bonchev–Trinajstić information content (AvgIpc) is 3.00. The van der Waals surface area contributed by atoms with E-state index in [9.17, 15) is 9.59 Å². The first-order chi connectivity index (χ1) is 13.0. The number of rotatable bonds is 5. The van der Waals surface area contributed by atoms with E-state index in [2.05, 4.69) is 6.92 Å². The first-order valence-electron chi connectivity index (χ1n) is 9.24. The van der Waals surface area contributed by atoms with Crippen LogP contribution >= 0.6 is 23.1 Å². The van der Waals surface area contributed by atoms with Crippen molar-refractivity contribution >= 4 is 39.1 Å². The Hall–Kier alpha value is -1.92. The fourth-order valence-electron chi connectivity index (χ4n) is 3.59. The number of thioether (sulfide) groups is 1. The van der Waals surface area contributed by atoms with Crippen LogP contribution in [0.15, 0.2) is 40.3 Å². The van der Waals surface area contributed by atoms with Gasteiger partial charge in [0.2, 0.25) is 0 Å². The Morgan fingerprint density at radius 2 is 2.11 bits per heavy atom. The molecule has 6 heteroatoms. The number of fused-ring (bicyclic) bond motifs is 3. The van der Waals surface area contributed by atoms with Crippen LogP contribution < -0.4 is 5.56 Å². The highest BCUT2D eigenvalue weighted by Crippen LogP contribution is 2.36. The Balaban J connectivity index is 1.86. The standard InChI is InChI=1S/C21H22N2O2S2/c1-13-8-9-16-17(10-13)27-19-18(16)20(25)23(11-15-6-4-3-5-7-15)21(22-19)26-12-14(2)24/h3-7,13H,8-12H2,1-2H3/t13-/m1/s1. The number of Topliss-reactive ketones (excluding diaryl/α,β-unsaturated/α-hetero) is 1. The van der Waals surface area contributed by atoms with Gasteiger partial charge in [0.1, 0.15) is 10.6 Å². The minimum absolute atomic E-state index is 0.0296. The minimum atomic E-state index is 0.0296. The smallest absolute Gasteiger partial charge is 0.263 e. The number of carbonyl (C=O) groups excluding carboxylic acids is 1. The maximum absolute atomic E-state index is 13.4. The van der Waals surface area contributed by atoms with Crippen LogP contribution in [0.5, 0.6) is 0 Å². The number of thiophene rings is 1. The maximum atomic E-state index is 13.4. The van der Waals surface area contributed by atoms with Crippen LogP contribution in [0.1, 0.15) is 36.3 Å². The molecule has 3 aromatic rings. The van der Waals surface area contributed by atoms with Gasteiger partial charge in [0.05, 0.1) is 17.7 Å². The molecule has 140 valence electrons. The van der Waals surface area contributed by atoms with Crippen LogP contribution in [0.4, 0.5) is 0 Å². The van der Waals surface area contributed by atoms with Crippen LogP contribution in [-0.4, -0.2) is 21.1 Å². The molecule has 0 fully saturated rings. The predicted octanol–water partition coefficient (Wildman–Crippen LogP) is 4.31. The zero-order chi connectivity index (χ0) is 19.0. The summed E-state index contributed by atoms with van der Waals surface area (Å²) in [5.41, 5.74) is 2.29. The van der Waals surface area contributed by atoms with E-state index in [0.717, 1.165) is 35.0 Å². The molecule has 0 saturated carbocycles. The van der Waals surface area contributed by atoms with Crippen molar-refractivity contribution in [2.24, 2.45) is 5.92 Å². The fourth-order valence-corrected chi connectivity index (χ4v) is 5.81. The van der Waals surface area contributed by atoms with Crippen molar-refractivity contribution in [2.45, 2.75) is 44.8 Å².